The third-order valence-electron chi connectivity index (χ3n) is 10.6. The van der Waals surface area contributed by atoms with Crippen LogP contribution in [0.15, 0.2) is 168 Å². The van der Waals surface area contributed by atoms with E-state index in [4.69, 9.17) is 4.42 Å². The summed E-state index contributed by atoms with van der Waals surface area (Å²) in [4.78, 5) is 0. The van der Waals surface area contributed by atoms with E-state index in [1.165, 1.54) is 43.7 Å². The Hall–Kier alpha value is -6.18. The molecule has 7 aromatic carbocycles. The maximum atomic E-state index is 6.51. The van der Waals surface area contributed by atoms with Crippen LogP contribution in [0.5, 0.6) is 0 Å². The molecule has 2 unspecified atom stereocenters. The van der Waals surface area contributed by atoms with Crippen LogP contribution in [0.2, 0.25) is 0 Å². The second kappa shape index (κ2) is 11.2. The van der Waals surface area contributed by atoms with Crippen LogP contribution in [0, 0.1) is 0 Å². The maximum absolute atomic E-state index is 6.51. The second-order valence-electron chi connectivity index (χ2n) is 13.5. The molecule has 3 N–H and O–H groups in total. The number of para-hydroxylation sites is 3. The van der Waals surface area contributed by atoms with Crippen molar-refractivity contribution in [3.05, 3.63) is 175 Å². The minimum Gasteiger partial charge on any atom is -0.456 e. The number of nitrogens with one attached hydrogen (secondary N) is 3. The lowest BCUT2D eigenvalue weighted by Crippen LogP contribution is -2.56. The summed E-state index contributed by atoms with van der Waals surface area (Å²) in [7, 11) is 0. The van der Waals surface area contributed by atoms with Gasteiger partial charge in [-0.05, 0) is 53.6 Å². The Kier molecular flexibility index (Phi) is 6.27. The molecule has 4 heterocycles. The Morgan fingerprint density at radius 2 is 0.941 bits per heavy atom. The minimum absolute atomic E-state index is 0.103. The van der Waals surface area contributed by atoms with Gasteiger partial charge in [-0.2, -0.15) is 0 Å². The molecule has 0 spiro atoms. The number of nitrogens with zero attached hydrogens (tertiary/aromatic N) is 2. The molecule has 51 heavy (non-hydrogen) atoms. The smallest absolute Gasteiger partial charge is 0.142 e. The fraction of sp³-hybridized carbons (Fsp3) is 0.0667. The normalized spacial score (nSPS) is 18.2. The van der Waals surface area contributed by atoms with Crippen molar-refractivity contribution < 1.29 is 4.42 Å². The molecule has 0 amide bonds. The van der Waals surface area contributed by atoms with E-state index in [1.54, 1.807) is 0 Å². The fourth-order valence-electron chi connectivity index (χ4n) is 8.31. The molecule has 0 aliphatic carbocycles. The van der Waals surface area contributed by atoms with Gasteiger partial charge >= 0.3 is 0 Å². The number of rotatable bonds is 4. The van der Waals surface area contributed by atoms with Gasteiger partial charge in [0, 0.05) is 44.1 Å². The minimum atomic E-state index is -0.261. The van der Waals surface area contributed by atoms with Gasteiger partial charge in [0.15, 0.2) is 0 Å². The van der Waals surface area contributed by atoms with Gasteiger partial charge in [0.1, 0.15) is 17.5 Å². The zero-order valence-corrected chi connectivity index (χ0v) is 27.6. The zero-order valence-electron chi connectivity index (χ0n) is 27.6. The van der Waals surface area contributed by atoms with Crippen molar-refractivity contribution in [2.24, 2.45) is 0 Å². The van der Waals surface area contributed by atoms with Gasteiger partial charge in [0.05, 0.1) is 34.4 Å². The molecule has 1 aliphatic rings. The van der Waals surface area contributed by atoms with E-state index in [-0.39, 0.29) is 18.6 Å². The monoisotopic (exact) mass is 659 g/mol. The van der Waals surface area contributed by atoms with E-state index >= 15 is 0 Å². The third kappa shape index (κ3) is 4.41. The van der Waals surface area contributed by atoms with Crippen LogP contribution in [0.4, 0.5) is 0 Å². The number of benzene rings is 7. The summed E-state index contributed by atoms with van der Waals surface area (Å²) in [6.45, 7) is 0. The van der Waals surface area contributed by atoms with Crippen LogP contribution in [0.3, 0.4) is 0 Å². The lowest BCUT2D eigenvalue weighted by atomic mass is 10.1. The highest BCUT2D eigenvalue weighted by molar-refractivity contribution is 6.21. The van der Waals surface area contributed by atoms with E-state index in [9.17, 15) is 0 Å². The lowest BCUT2D eigenvalue weighted by molar-refractivity contribution is 0.161. The molecule has 244 valence electrons. The van der Waals surface area contributed by atoms with Crippen molar-refractivity contribution in [2.45, 2.75) is 18.6 Å². The summed E-state index contributed by atoms with van der Waals surface area (Å²) in [5.41, 5.74) is 9.91. The molecule has 0 saturated carbocycles. The molecule has 11 rings (SSSR count). The molecule has 1 fully saturated rings. The van der Waals surface area contributed by atoms with E-state index in [0.29, 0.717) is 0 Å². The predicted molar refractivity (Wildman–Crippen MR) is 208 cm³/mol. The van der Waals surface area contributed by atoms with Gasteiger partial charge in [-0.15, -0.1) is 0 Å². The van der Waals surface area contributed by atoms with Crippen LogP contribution in [0.25, 0.3) is 71.2 Å². The van der Waals surface area contributed by atoms with Gasteiger partial charge in [0.25, 0.3) is 0 Å². The molecular formula is C45H33N5O. The largest absolute Gasteiger partial charge is 0.456 e. The molecule has 10 aromatic rings. The first-order valence-electron chi connectivity index (χ1n) is 17.5. The quantitative estimate of drug-likeness (QED) is 0.176. The average molecular weight is 660 g/mol. The highest BCUT2D eigenvalue weighted by atomic mass is 16.3. The number of fused-ring (bicyclic) bond motifs is 9. The Morgan fingerprint density at radius 3 is 1.67 bits per heavy atom. The fourth-order valence-corrected chi connectivity index (χ4v) is 8.31. The van der Waals surface area contributed by atoms with Gasteiger partial charge in [-0.25, -0.2) is 0 Å². The summed E-state index contributed by atoms with van der Waals surface area (Å²) in [6.07, 6.45) is -0.467. The van der Waals surface area contributed by atoms with Crippen molar-refractivity contribution >= 4 is 65.6 Å². The van der Waals surface area contributed by atoms with E-state index in [0.717, 1.165) is 38.7 Å². The van der Waals surface area contributed by atoms with Crippen LogP contribution < -0.4 is 16.0 Å². The molecule has 1 aliphatic heterocycles. The Morgan fingerprint density at radius 1 is 0.392 bits per heavy atom. The van der Waals surface area contributed by atoms with Gasteiger partial charge < -0.3 is 13.6 Å². The van der Waals surface area contributed by atoms with Crippen molar-refractivity contribution in [3.8, 4) is 5.69 Å². The number of hydrogen-bond donors (Lipinski definition) is 3. The molecular weight excluding hydrogens is 627 g/mol. The Bertz CT molecular complexity index is 2860. The second-order valence-corrected chi connectivity index (χ2v) is 13.5. The molecule has 6 nitrogen and oxygen atoms in total. The topological polar surface area (TPSA) is 59.1 Å². The lowest BCUT2D eigenvalue weighted by Gasteiger charge is -2.40. The summed E-state index contributed by atoms with van der Waals surface area (Å²) in [5.74, 6) is 0. The maximum Gasteiger partial charge on any atom is 0.142 e. The number of aromatic nitrogens is 2. The van der Waals surface area contributed by atoms with Gasteiger partial charge in [-0.3, -0.25) is 16.0 Å². The summed E-state index contributed by atoms with van der Waals surface area (Å²) in [5, 5.41) is 18.8. The third-order valence-corrected chi connectivity index (χ3v) is 10.6. The first-order valence-corrected chi connectivity index (χ1v) is 17.5. The molecule has 0 bridgehead atoms. The SMILES string of the molecule is c1ccc(C2NC(c3ccccc3)NC(n3c4cc5oc6ccccc6c5cc4c4cc5c(cc43)c3ccccc3n5-c3ccccc3)N2)cc1. The first kappa shape index (κ1) is 28.6. The Balaban J connectivity index is 1.23. The molecule has 0 radical (unpaired) electrons. The first-order chi connectivity index (χ1) is 25.3. The Labute approximate surface area is 293 Å². The van der Waals surface area contributed by atoms with Gasteiger partial charge in [0.2, 0.25) is 0 Å². The van der Waals surface area contributed by atoms with Crippen LogP contribution in [-0.2, 0) is 0 Å². The molecule has 6 heteroatoms. The molecule has 2 atom stereocenters. The highest BCUT2D eigenvalue weighted by Gasteiger charge is 2.32. The van der Waals surface area contributed by atoms with Crippen molar-refractivity contribution in [3.63, 3.8) is 0 Å². The van der Waals surface area contributed by atoms with E-state index in [2.05, 4.69) is 183 Å². The van der Waals surface area contributed by atoms with E-state index in [1.807, 2.05) is 6.07 Å². The average Bonchev–Trinajstić information content (AvgIpc) is 3.83. The molecule has 1 saturated heterocycles. The zero-order chi connectivity index (χ0) is 33.5. The highest BCUT2D eigenvalue weighted by Crippen LogP contribution is 2.42. The van der Waals surface area contributed by atoms with Crippen LogP contribution in [-0.4, -0.2) is 9.13 Å². The van der Waals surface area contributed by atoms with Crippen LogP contribution >= 0.6 is 0 Å². The van der Waals surface area contributed by atoms with Crippen molar-refractivity contribution in [1.29, 1.82) is 0 Å². The summed E-state index contributed by atoms with van der Waals surface area (Å²) >= 11 is 0. The standard InChI is InChI=1S/C45H33N5O/c1-4-14-28(15-5-1)43-46-44(29-16-6-2-7-17-29)48-45(47-43)50-39-25-34-31-20-10-12-22-37(31)49(30-18-8-3-9-19-30)38(34)26-35(39)33-24-36-32-21-11-13-23-41(32)51-42(36)27-40(33)50/h1-27,43-48H. The summed E-state index contributed by atoms with van der Waals surface area (Å²) in [6, 6.07) is 58.4. The summed E-state index contributed by atoms with van der Waals surface area (Å²) < 4.78 is 11.3. The van der Waals surface area contributed by atoms with Crippen LogP contribution in [0.1, 0.15) is 29.7 Å². The van der Waals surface area contributed by atoms with Crippen molar-refractivity contribution in [2.75, 3.05) is 0 Å². The number of hydrogen-bond acceptors (Lipinski definition) is 4. The predicted octanol–water partition coefficient (Wildman–Crippen LogP) is 10.4. The van der Waals surface area contributed by atoms with E-state index < -0.39 is 0 Å². The van der Waals surface area contributed by atoms with Crippen molar-refractivity contribution in [1.82, 2.24) is 25.1 Å². The van der Waals surface area contributed by atoms with Gasteiger partial charge in [-0.1, -0.05) is 115 Å². The number of furan rings is 1. The molecule has 3 aromatic heterocycles.